The molecule has 1 atom stereocenters. The second kappa shape index (κ2) is 14.8. The lowest BCUT2D eigenvalue weighted by molar-refractivity contribution is -0.136. The Bertz CT molecular complexity index is 1290. The van der Waals surface area contributed by atoms with Crippen molar-refractivity contribution >= 4 is 35.2 Å². The quantitative estimate of drug-likeness (QED) is 0.248. The molecule has 12 heteroatoms. The average molecular weight is 547 g/mol. The Hall–Kier alpha value is -3.86. The monoisotopic (exact) mass is 546 g/mol. The summed E-state index contributed by atoms with van der Waals surface area (Å²) in [6.07, 6.45) is 9.47. The van der Waals surface area contributed by atoms with Gasteiger partial charge in [-0.1, -0.05) is 42.3 Å². The maximum atomic E-state index is 13.3. The van der Waals surface area contributed by atoms with Gasteiger partial charge in [0.25, 0.3) is 17.6 Å². The first kappa shape index (κ1) is 30.4. The number of aromatic nitrogens is 4. The molecule has 0 fully saturated rings. The van der Waals surface area contributed by atoms with Crippen molar-refractivity contribution in [2.24, 2.45) is 0 Å². The van der Waals surface area contributed by atoms with Gasteiger partial charge in [0.2, 0.25) is 0 Å². The van der Waals surface area contributed by atoms with Crippen LogP contribution in [0.4, 0.5) is 4.39 Å². The van der Waals surface area contributed by atoms with Crippen LogP contribution in [0.25, 0.3) is 5.78 Å². The summed E-state index contributed by atoms with van der Waals surface area (Å²) in [5, 5.41) is 18.4. The Morgan fingerprint density at radius 2 is 1.97 bits per heavy atom. The van der Waals surface area contributed by atoms with E-state index in [2.05, 4.69) is 25.7 Å². The lowest BCUT2D eigenvalue weighted by atomic mass is 10.0. The van der Waals surface area contributed by atoms with Crippen molar-refractivity contribution in [1.82, 2.24) is 30.2 Å². The Balaban J connectivity index is 2.24. The summed E-state index contributed by atoms with van der Waals surface area (Å²) in [4.78, 5) is 45.1. The fourth-order valence-electron chi connectivity index (χ4n) is 3.34. The molecule has 2 rings (SSSR count). The Labute approximate surface area is 225 Å². The van der Waals surface area contributed by atoms with Gasteiger partial charge >= 0.3 is 5.97 Å². The summed E-state index contributed by atoms with van der Waals surface area (Å²) < 4.78 is 14.6. The number of hydrogen-bond donors (Lipinski definition) is 3. The highest BCUT2D eigenvalue weighted by molar-refractivity contribution is 6.31. The molecule has 2 aromatic rings. The zero-order valence-electron chi connectivity index (χ0n) is 21.8. The smallest absolute Gasteiger partial charge is 0.307 e. The molecule has 10 nitrogen and oxygen atoms in total. The molecule has 0 spiro atoms. The van der Waals surface area contributed by atoms with Crippen LogP contribution in [0, 0.1) is 0 Å². The minimum atomic E-state index is -0.914. The van der Waals surface area contributed by atoms with Crippen LogP contribution < -0.4 is 10.6 Å². The third-order valence-electron chi connectivity index (χ3n) is 5.70. The van der Waals surface area contributed by atoms with Crippen LogP contribution in [0.1, 0.15) is 74.4 Å². The molecule has 0 aliphatic carbocycles. The van der Waals surface area contributed by atoms with Crippen molar-refractivity contribution in [3.8, 4) is 0 Å². The summed E-state index contributed by atoms with van der Waals surface area (Å²) in [6, 6.07) is 0.995. The molecule has 0 radical (unpaired) electrons. The van der Waals surface area contributed by atoms with Crippen LogP contribution in [-0.2, 0) is 4.79 Å². The maximum absolute atomic E-state index is 13.3. The van der Waals surface area contributed by atoms with Gasteiger partial charge < -0.3 is 15.7 Å². The molecule has 0 saturated heterocycles. The number of nitrogens with zero attached hydrogens (tertiary/aromatic N) is 4. The van der Waals surface area contributed by atoms with Crippen molar-refractivity contribution in [2.45, 2.75) is 59.4 Å². The summed E-state index contributed by atoms with van der Waals surface area (Å²) in [5.41, 5.74) is 1.65. The van der Waals surface area contributed by atoms with Crippen LogP contribution in [0.2, 0.25) is 0 Å². The van der Waals surface area contributed by atoms with E-state index in [9.17, 15) is 18.8 Å². The fourth-order valence-corrected chi connectivity index (χ4v) is 3.50. The molecule has 0 aliphatic rings. The number of allylic oxidation sites excluding steroid dienone is 5. The molecule has 2 amide bonds. The maximum Gasteiger partial charge on any atom is 0.307 e. The molecule has 0 saturated carbocycles. The van der Waals surface area contributed by atoms with Gasteiger partial charge in [0.05, 0.1) is 17.5 Å². The van der Waals surface area contributed by atoms with E-state index < -0.39 is 23.6 Å². The molecular formula is C26H32ClFN6O4. The van der Waals surface area contributed by atoms with E-state index in [1.165, 1.54) is 29.9 Å². The Morgan fingerprint density at radius 3 is 2.61 bits per heavy atom. The van der Waals surface area contributed by atoms with E-state index in [0.29, 0.717) is 24.8 Å². The first-order chi connectivity index (χ1) is 18.1. The summed E-state index contributed by atoms with van der Waals surface area (Å²) in [6.45, 7) is 6.94. The van der Waals surface area contributed by atoms with Crippen LogP contribution in [0.5, 0.6) is 0 Å². The lowest BCUT2D eigenvalue weighted by Gasteiger charge is -2.19. The molecule has 0 aliphatic heterocycles. The topological polar surface area (TPSA) is 139 Å². The van der Waals surface area contributed by atoms with Crippen molar-refractivity contribution in [3.63, 3.8) is 0 Å². The van der Waals surface area contributed by atoms with Gasteiger partial charge in [-0.05, 0) is 51.7 Å². The van der Waals surface area contributed by atoms with Gasteiger partial charge in [0.1, 0.15) is 23.5 Å². The number of carbonyl (C=O) groups is 3. The molecular weight excluding hydrogens is 515 g/mol. The highest BCUT2D eigenvalue weighted by Gasteiger charge is 2.21. The highest BCUT2D eigenvalue weighted by atomic mass is 35.5. The van der Waals surface area contributed by atoms with Crippen molar-refractivity contribution in [3.05, 3.63) is 70.1 Å². The van der Waals surface area contributed by atoms with E-state index in [1.54, 1.807) is 12.2 Å². The third-order valence-corrected chi connectivity index (χ3v) is 6.07. The van der Waals surface area contributed by atoms with Crippen molar-refractivity contribution in [1.29, 1.82) is 0 Å². The predicted octanol–water partition coefficient (Wildman–Crippen LogP) is 4.51. The number of carbonyl (C=O) groups excluding carboxylic acids is 2. The van der Waals surface area contributed by atoms with Gasteiger partial charge in [0, 0.05) is 12.6 Å². The molecule has 2 heterocycles. The number of rotatable bonds is 13. The summed E-state index contributed by atoms with van der Waals surface area (Å²) in [5.74, 6) is -2.40. The van der Waals surface area contributed by atoms with Gasteiger partial charge in [-0.25, -0.2) is 9.37 Å². The zero-order valence-corrected chi connectivity index (χ0v) is 22.5. The molecule has 204 valence electrons. The zero-order chi connectivity index (χ0) is 28.2. The van der Waals surface area contributed by atoms with Crippen LogP contribution in [0.15, 0.2) is 58.7 Å². The number of nitrogens with one attached hydrogen (secondary N) is 2. The van der Waals surface area contributed by atoms with E-state index in [0.717, 1.165) is 5.57 Å². The standard InChI is InChI=1S/C26H32ClFN6O4/c1-5-16(3)20(10-8-7-9-11-23(35)36)32-25(38)22-13-21(33-26-30-15-31-34(22)26)24(37)29-14-18(6-2)12-19(27)17(4)28/h5,7,9,12-13,15,20H,6,8,10-11,14H2,1-4H3,(H,29,37)(H,32,38)(H,35,36)/b9-7+,16-5+,18-12+,19-17-. The number of hydrogen-bond acceptors (Lipinski definition) is 6. The fraction of sp³-hybridized carbons (Fsp3) is 0.385. The second-order valence-corrected chi connectivity index (χ2v) is 8.83. The SMILES string of the molecule is C/C=C(\C)C(CC/C=C/CC(=O)O)NC(=O)c1cc(C(=O)NC/C(=C/C(Cl)=C(\C)F)CC)nc2ncnn12. The largest absolute Gasteiger partial charge is 0.481 e. The van der Waals surface area contributed by atoms with Gasteiger partial charge in [-0.15, -0.1) is 0 Å². The number of amides is 2. The van der Waals surface area contributed by atoms with E-state index in [1.807, 2.05) is 26.8 Å². The van der Waals surface area contributed by atoms with Crippen molar-refractivity contribution in [2.75, 3.05) is 6.54 Å². The lowest BCUT2D eigenvalue weighted by Crippen LogP contribution is -2.37. The number of carboxylic acid groups (broad SMARTS) is 1. The molecule has 3 N–H and O–H groups in total. The molecule has 0 bridgehead atoms. The van der Waals surface area contributed by atoms with E-state index in [-0.39, 0.29) is 41.2 Å². The number of carboxylic acids is 1. The molecule has 0 aromatic carbocycles. The van der Waals surface area contributed by atoms with Crippen LogP contribution in [0.3, 0.4) is 0 Å². The highest BCUT2D eigenvalue weighted by Crippen LogP contribution is 2.16. The average Bonchev–Trinajstić information content (AvgIpc) is 3.37. The molecule has 2 aromatic heterocycles. The second-order valence-electron chi connectivity index (χ2n) is 8.42. The first-order valence-electron chi connectivity index (χ1n) is 12.1. The Kier molecular flexibility index (Phi) is 11.8. The number of aliphatic carboxylic acids is 1. The minimum Gasteiger partial charge on any atom is -0.481 e. The van der Waals surface area contributed by atoms with Gasteiger partial charge in [-0.3, -0.25) is 14.4 Å². The minimum absolute atomic E-state index is 0.0367. The normalized spacial score (nSPS) is 13.9. The summed E-state index contributed by atoms with van der Waals surface area (Å²) >= 11 is 5.87. The first-order valence-corrected chi connectivity index (χ1v) is 12.5. The Morgan fingerprint density at radius 1 is 1.24 bits per heavy atom. The summed E-state index contributed by atoms with van der Waals surface area (Å²) in [7, 11) is 0. The molecule has 1 unspecified atom stereocenters. The van der Waals surface area contributed by atoms with Crippen LogP contribution >= 0.6 is 11.6 Å². The van der Waals surface area contributed by atoms with E-state index in [4.69, 9.17) is 16.7 Å². The third kappa shape index (κ3) is 8.91. The van der Waals surface area contributed by atoms with Gasteiger partial charge in [0.15, 0.2) is 0 Å². The van der Waals surface area contributed by atoms with Crippen LogP contribution in [-0.4, -0.2) is 55.1 Å². The van der Waals surface area contributed by atoms with E-state index >= 15 is 0 Å². The number of fused-ring (bicyclic) bond motifs is 1. The predicted molar refractivity (Wildman–Crippen MR) is 142 cm³/mol. The van der Waals surface area contributed by atoms with Gasteiger partial charge in [-0.2, -0.15) is 14.6 Å². The molecule has 38 heavy (non-hydrogen) atoms. The van der Waals surface area contributed by atoms with Crippen molar-refractivity contribution < 1.29 is 23.9 Å². The number of halogens is 2.